The van der Waals surface area contributed by atoms with E-state index in [2.05, 4.69) is 12.2 Å². The highest BCUT2D eigenvalue weighted by Crippen LogP contribution is 2.43. The summed E-state index contributed by atoms with van der Waals surface area (Å²) in [6, 6.07) is 11.0. The summed E-state index contributed by atoms with van der Waals surface area (Å²) in [5.74, 6) is 0.418. The predicted octanol–water partition coefficient (Wildman–Crippen LogP) is 4.80. The Kier molecular flexibility index (Phi) is 6.59. The van der Waals surface area contributed by atoms with Crippen molar-refractivity contribution in [3.8, 4) is 17.2 Å². The van der Waals surface area contributed by atoms with E-state index in [4.69, 9.17) is 5.10 Å². The van der Waals surface area contributed by atoms with Gasteiger partial charge in [-0.25, -0.2) is 13.9 Å². The Bertz CT molecular complexity index is 1550. The molecule has 5 rings (SSSR count). The smallest absolute Gasteiger partial charge is 0.319 e. The van der Waals surface area contributed by atoms with Crippen LogP contribution in [-0.2, 0) is 11.0 Å². The van der Waals surface area contributed by atoms with E-state index in [1.54, 1.807) is 52.2 Å². The van der Waals surface area contributed by atoms with Crippen molar-refractivity contribution >= 4 is 12.4 Å². The topological polar surface area (TPSA) is 73.8 Å². The summed E-state index contributed by atoms with van der Waals surface area (Å²) >= 11 is 0. The van der Waals surface area contributed by atoms with Gasteiger partial charge >= 0.3 is 5.69 Å². The molecule has 0 aliphatic carbocycles. The van der Waals surface area contributed by atoms with Gasteiger partial charge in [-0.3, -0.25) is 9.13 Å². The fourth-order valence-electron chi connectivity index (χ4n) is 5.27. The summed E-state index contributed by atoms with van der Waals surface area (Å²) in [5.41, 5.74) is 4.13. The highest BCUT2D eigenvalue weighted by Gasteiger charge is 2.29. The summed E-state index contributed by atoms with van der Waals surface area (Å²) in [7, 11) is -2.40. The van der Waals surface area contributed by atoms with Crippen molar-refractivity contribution in [3.63, 3.8) is 0 Å². The summed E-state index contributed by atoms with van der Waals surface area (Å²) in [5, 5.41) is 9.20. The summed E-state index contributed by atoms with van der Waals surface area (Å²) in [4.78, 5) is 13.8. The molecule has 0 saturated heterocycles. The van der Waals surface area contributed by atoms with Crippen LogP contribution in [0.15, 0.2) is 53.6 Å². The Labute approximate surface area is 216 Å². The zero-order valence-corrected chi connectivity index (χ0v) is 22.8. The van der Waals surface area contributed by atoms with Crippen LogP contribution in [-0.4, -0.2) is 37.8 Å². The van der Waals surface area contributed by atoms with Gasteiger partial charge in [-0.15, -0.1) is 0 Å². The number of rotatable bonds is 6. The lowest BCUT2D eigenvalue weighted by Crippen LogP contribution is -2.30. The molecule has 0 unspecified atom stereocenters. The molecule has 1 atom stereocenters. The van der Waals surface area contributed by atoms with Crippen LogP contribution in [0.1, 0.15) is 49.2 Å². The van der Waals surface area contributed by atoms with Gasteiger partial charge in [-0.1, -0.05) is 13.8 Å². The number of aromatic nitrogens is 4. The van der Waals surface area contributed by atoms with Crippen LogP contribution >= 0.6 is 7.14 Å². The van der Waals surface area contributed by atoms with Crippen molar-refractivity contribution in [2.45, 2.75) is 47.1 Å². The van der Waals surface area contributed by atoms with Crippen LogP contribution in [0.25, 0.3) is 17.2 Å². The van der Waals surface area contributed by atoms with Gasteiger partial charge in [0.1, 0.15) is 18.8 Å². The molecule has 1 N–H and O–H groups in total. The van der Waals surface area contributed by atoms with Crippen molar-refractivity contribution in [1.29, 1.82) is 0 Å². The fourth-order valence-corrected chi connectivity index (χ4v) is 7.14. The van der Waals surface area contributed by atoms with Crippen molar-refractivity contribution in [2.75, 3.05) is 18.9 Å². The van der Waals surface area contributed by atoms with Crippen molar-refractivity contribution in [2.24, 2.45) is 0 Å². The van der Waals surface area contributed by atoms with Crippen LogP contribution in [0.3, 0.4) is 0 Å². The van der Waals surface area contributed by atoms with Gasteiger partial charge in [0.15, 0.2) is 0 Å². The van der Waals surface area contributed by atoms with Crippen LogP contribution in [0.2, 0.25) is 0 Å². The molecule has 4 aromatic rings. The second-order valence-electron chi connectivity index (χ2n) is 9.77. The Morgan fingerprint density at radius 2 is 1.65 bits per heavy atom. The molecule has 0 fully saturated rings. The van der Waals surface area contributed by atoms with E-state index in [9.17, 15) is 13.8 Å². The third-order valence-corrected chi connectivity index (χ3v) is 10.8. The van der Waals surface area contributed by atoms with Crippen LogP contribution in [0.4, 0.5) is 4.39 Å². The molecule has 1 aliphatic heterocycles. The first-order valence-corrected chi connectivity index (χ1v) is 14.9. The number of imidazole rings is 1. The lowest BCUT2D eigenvalue weighted by Gasteiger charge is -2.21. The van der Waals surface area contributed by atoms with Crippen LogP contribution in [0, 0.1) is 19.7 Å². The van der Waals surface area contributed by atoms with Gasteiger partial charge in [0.25, 0.3) is 0 Å². The van der Waals surface area contributed by atoms with Gasteiger partial charge in [-0.05, 0) is 68.3 Å². The predicted molar refractivity (Wildman–Crippen MR) is 146 cm³/mol. The zero-order chi connectivity index (χ0) is 26.5. The van der Waals surface area contributed by atoms with E-state index in [1.165, 1.54) is 0 Å². The number of nitrogens with zero attached hydrogens (tertiary/aromatic N) is 4. The molecule has 0 spiro atoms. The normalized spacial score (nSPS) is 15.7. The largest absolute Gasteiger partial charge is 0.338 e. The molecule has 194 valence electrons. The summed E-state index contributed by atoms with van der Waals surface area (Å²) in [6.45, 7) is 10.2. The number of benzene rings is 2. The molecule has 9 heteroatoms. The Morgan fingerprint density at radius 1 is 1.03 bits per heavy atom. The average Bonchev–Trinajstić information content (AvgIpc) is 3.47. The number of nitrogens with one attached hydrogen (secondary N) is 1. The van der Waals surface area contributed by atoms with E-state index >= 15 is 0 Å². The minimum absolute atomic E-state index is 0.00177. The monoisotopic (exact) mass is 521 g/mol. The average molecular weight is 522 g/mol. The minimum atomic E-state index is -2.40. The fraction of sp³-hybridized carbons (Fsp3) is 0.357. The number of hydrogen-bond donors (Lipinski definition) is 1. The molecular formula is C28H33FN5O2P. The molecule has 2 aromatic heterocycles. The van der Waals surface area contributed by atoms with Crippen LogP contribution < -0.4 is 16.3 Å². The van der Waals surface area contributed by atoms with Gasteiger partial charge < -0.3 is 9.88 Å². The van der Waals surface area contributed by atoms with Gasteiger partial charge in [-0.2, -0.15) is 5.10 Å². The minimum Gasteiger partial charge on any atom is -0.319 e. The first kappa shape index (κ1) is 25.4. The van der Waals surface area contributed by atoms with Gasteiger partial charge in [0.05, 0.1) is 17.1 Å². The second kappa shape index (κ2) is 9.58. The first-order valence-electron chi connectivity index (χ1n) is 12.8. The lowest BCUT2D eigenvalue weighted by molar-refractivity contribution is 0.536. The third kappa shape index (κ3) is 4.22. The van der Waals surface area contributed by atoms with Crippen molar-refractivity contribution < 1.29 is 8.96 Å². The molecule has 2 aromatic carbocycles. The number of aryl methyl sites for hydroxylation is 2. The Hall–Kier alpha value is -3.22. The third-order valence-electron chi connectivity index (χ3n) is 7.51. The quantitative estimate of drug-likeness (QED) is 0.370. The molecule has 0 saturated carbocycles. The van der Waals surface area contributed by atoms with Crippen LogP contribution in [0.5, 0.6) is 0 Å². The standard InChI is InChI=1S/C28H33FN5O2P/c1-6-37(36,7-2)23-10-8-21(9-11-23)32-14-15-33(28(32)35)27-25-20(5)30-13-12-24(25)31-34(27)22-16-18(3)26(29)19(4)17-22/h8-11,14-17,20,30H,6-7,12-13H2,1-5H3/t20-/m0/s1. The van der Waals surface area contributed by atoms with E-state index in [-0.39, 0.29) is 17.5 Å². The van der Waals surface area contributed by atoms with E-state index in [1.807, 2.05) is 38.1 Å². The SMILES string of the molecule is CCP(=O)(CC)c1ccc(-n2ccn(-c3c4c(nn3-c3cc(C)c(F)c(C)c3)CCN[C@H]4C)c2=O)cc1. The number of hydrogen-bond acceptors (Lipinski definition) is 4. The molecule has 0 radical (unpaired) electrons. The molecule has 0 amide bonds. The van der Waals surface area contributed by atoms with E-state index in [0.29, 0.717) is 40.6 Å². The first-order chi connectivity index (χ1) is 17.7. The molecule has 37 heavy (non-hydrogen) atoms. The Balaban J connectivity index is 1.66. The van der Waals surface area contributed by atoms with Gasteiger partial charge in [0, 0.05) is 54.6 Å². The van der Waals surface area contributed by atoms with Crippen molar-refractivity contribution in [3.05, 3.63) is 87.5 Å². The Morgan fingerprint density at radius 3 is 2.27 bits per heavy atom. The molecular weight excluding hydrogens is 488 g/mol. The highest BCUT2D eigenvalue weighted by molar-refractivity contribution is 7.71. The van der Waals surface area contributed by atoms with Crippen molar-refractivity contribution in [1.82, 2.24) is 24.2 Å². The maximum absolute atomic E-state index is 14.4. The molecule has 3 heterocycles. The summed E-state index contributed by atoms with van der Waals surface area (Å²) < 4.78 is 32.5. The molecule has 0 bridgehead atoms. The number of fused-ring (bicyclic) bond motifs is 1. The van der Waals surface area contributed by atoms with E-state index < -0.39 is 7.14 Å². The second-order valence-corrected chi connectivity index (χ2v) is 13.3. The number of halogens is 1. The maximum atomic E-state index is 14.4. The highest BCUT2D eigenvalue weighted by atomic mass is 31.2. The van der Waals surface area contributed by atoms with E-state index in [0.717, 1.165) is 29.5 Å². The lowest BCUT2D eigenvalue weighted by atomic mass is 10.0. The molecule has 1 aliphatic rings. The zero-order valence-electron chi connectivity index (χ0n) is 22.0. The summed E-state index contributed by atoms with van der Waals surface area (Å²) in [6.07, 6.45) is 5.45. The van der Waals surface area contributed by atoms with Gasteiger partial charge in [0.2, 0.25) is 0 Å². The maximum Gasteiger partial charge on any atom is 0.338 e. The molecule has 7 nitrogen and oxygen atoms in total.